The van der Waals surface area contributed by atoms with Gasteiger partial charge in [0.1, 0.15) is 0 Å². The van der Waals surface area contributed by atoms with Gasteiger partial charge in [0.15, 0.2) is 0 Å². The van der Waals surface area contributed by atoms with Gasteiger partial charge in [0.05, 0.1) is 16.7 Å². The van der Waals surface area contributed by atoms with Crippen molar-refractivity contribution in [3.8, 4) is 0 Å². The van der Waals surface area contributed by atoms with E-state index in [9.17, 15) is 14.4 Å². The van der Waals surface area contributed by atoms with Gasteiger partial charge in [-0.05, 0) is 48.2 Å². The molecule has 1 aliphatic heterocycles. The number of thioether (sulfide) groups is 1. The number of carbonyl (C=O) groups excluding carboxylic acids is 3. The Morgan fingerprint density at radius 1 is 1.10 bits per heavy atom. The summed E-state index contributed by atoms with van der Waals surface area (Å²) < 4.78 is 0. The van der Waals surface area contributed by atoms with Crippen LogP contribution in [0.2, 0.25) is 5.02 Å². The summed E-state index contributed by atoms with van der Waals surface area (Å²) in [6.07, 6.45) is 1.73. The first-order chi connectivity index (χ1) is 13.9. The SMILES string of the molecule is CCc1cccc(CC)c1NC(=O)CS[C@H]1CC(=O)N(c2ccc(Cl)cc2)C1=O. The van der Waals surface area contributed by atoms with Crippen LogP contribution < -0.4 is 10.2 Å². The molecule has 2 aromatic rings. The van der Waals surface area contributed by atoms with Crippen molar-refractivity contribution in [3.63, 3.8) is 0 Å². The number of imide groups is 1. The van der Waals surface area contributed by atoms with Crippen LogP contribution in [0.5, 0.6) is 0 Å². The highest BCUT2D eigenvalue weighted by atomic mass is 35.5. The van der Waals surface area contributed by atoms with Crippen LogP contribution in [-0.4, -0.2) is 28.7 Å². The van der Waals surface area contributed by atoms with Crippen LogP contribution in [0.3, 0.4) is 0 Å². The third-order valence-electron chi connectivity index (χ3n) is 4.87. The molecule has 0 aromatic heterocycles. The zero-order valence-corrected chi connectivity index (χ0v) is 18.0. The number of rotatable bonds is 7. The fourth-order valence-corrected chi connectivity index (χ4v) is 4.41. The first-order valence-electron chi connectivity index (χ1n) is 9.59. The van der Waals surface area contributed by atoms with Crippen LogP contribution in [0.25, 0.3) is 0 Å². The van der Waals surface area contributed by atoms with Crippen LogP contribution in [0, 0.1) is 0 Å². The maximum Gasteiger partial charge on any atom is 0.247 e. The Labute approximate surface area is 179 Å². The molecule has 1 heterocycles. The minimum Gasteiger partial charge on any atom is -0.325 e. The fraction of sp³-hybridized carbons (Fsp3) is 0.318. The normalized spacial score (nSPS) is 16.4. The van der Waals surface area contributed by atoms with Gasteiger partial charge < -0.3 is 5.32 Å². The van der Waals surface area contributed by atoms with Crippen LogP contribution >= 0.6 is 23.4 Å². The lowest BCUT2D eigenvalue weighted by Crippen LogP contribution is -2.31. The lowest BCUT2D eigenvalue weighted by molar-refractivity contribution is -0.121. The Morgan fingerprint density at radius 3 is 2.31 bits per heavy atom. The largest absolute Gasteiger partial charge is 0.325 e. The molecule has 7 heteroatoms. The summed E-state index contributed by atoms with van der Waals surface area (Å²) in [5.74, 6) is -0.617. The highest BCUT2D eigenvalue weighted by molar-refractivity contribution is 8.01. The molecule has 0 spiro atoms. The molecular formula is C22H23ClN2O3S. The van der Waals surface area contributed by atoms with E-state index in [0.717, 1.165) is 29.7 Å². The Morgan fingerprint density at radius 2 is 1.72 bits per heavy atom. The van der Waals surface area contributed by atoms with Crippen molar-refractivity contribution < 1.29 is 14.4 Å². The number of benzene rings is 2. The molecule has 2 aromatic carbocycles. The predicted molar refractivity (Wildman–Crippen MR) is 119 cm³/mol. The third kappa shape index (κ3) is 4.82. The van der Waals surface area contributed by atoms with Crippen LogP contribution in [0.1, 0.15) is 31.4 Å². The summed E-state index contributed by atoms with van der Waals surface area (Å²) in [7, 11) is 0. The number of nitrogens with one attached hydrogen (secondary N) is 1. The van der Waals surface area contributed by atoms with E-state index in [1.165, 1.54) is 16.7 Å². The first kappa shape index (κ1) is 21.4. The lowest BCUT2D eigenvalue weighted by atomic mass is 10.0. The molecular weight excluding hydrogens is 408 g/mol. The van der Waals surface area contributed by atoms with E-state index in [1.807, 2.05) is 32.0 Å². The number of hydrogen-bond donors (Lipinski definition) is 1. The molecule has 1 aliphatic rings. The number of nitrogens with zero attached hydrogens (tertiary/aromatic N) is 1. The molecule has 3 amide bonds. The first-order valence-corrected chi connectivity index (χ1v) is 11.0. The van der Waals surface area contributed by atoms with Crippen molar-refractivity contribution >= 4 is 52.5 Å². The van der Waals surface area contributed by atoms with Crippen molar-refractivity contribution in [1.29, 1.82) is 0 Å². The number of anilines is 2. The molecule has 0 aliphatic carbocycles. The molecule has 1 atom stereocenters. The minimum absolute atomic E-state index is 0.0885. The molecule has 0 unspecified atom stereocenters. The van der Waals surface area contributed by atoms with Gasteiger partial charge in [0, 0.05) is 17.1 Å². The molecule has 3 rings (SSSR count). The monoisotopic (exact) mass is 430 g/mol. The van der Waals surface area contributed by atoms with Gasteiger partial charge in [-0.3, -0.25) is 14.4 Å². The van der Waals surface area contributed by atoms with E-state index in [-0.39, 0.29) is 29.9 Å². The van der Waals surface area contributed by atoms with Gasteiger partial charge in [0.25, 0.3) is 0 Å². The molecule has 0 saturated carbocycles. The Kier molecular flexibility index (Phi) is 6.98. The average Bonchev–Trinajstić information content (AvgIpc) is 3.00. The van der Waals surface area contributed by atoms with E-state index in [4.69, 9.17) is 11.6 Å². The second kappa shape index (κ2) is 9.46. The molecule has 0 radical (unpaired) electrons. The highest BCUT2D eigenvalue weighted by Gasteiger charge is 2.40. The maximum atomic E-state index is 12.7. The zero-order valence-electron chi connectivity index (χ0n) is 16.4. The van der Waals surface area contributed by atoms with E-state index in [2.05, 4.69) is 5.32 Å². The molecule has 0 bridgehead atoms. The summed E-state index contributed by atoms with van der Waals surface area (Å²) in [5.41, 5.74) is 3.54. The standard InChI is InChI=1S/C22H23ClN2O3S/c1-3-14-6-5-7-15(4-2)21(14)24-19(26)13-29-18-12-20(27)25(22(18)28)17-10-8-16(23)9-11-17/h5-11,18H,3-4,12-13H2,1-2H3,(H,24,26)/t18-/m0/s1. The molecule has 1 N–H and O–H groups in total. The van der Waals surface area contributed by atoms with Crippen LogP contribution in [0.15, 0.2) is 42.5 Å². The van der Waals surface area contributed by atoms with E-state index >= 15 is 0 Å². The summed E-state index contributed by atoms with van der Waals surface area (Å²) in [6.45, 7) is 4.10. The third-order valence-corrected chi connectivity index (χ3v) is 6.32. The van der Waals surface area contributed by atoms with Crippen molar-refractivity contribution in [2.24, 2.45) is 0 Å². The molecule has 1 fully saturated rings. The number of para-hydroxylation sites is 1. The molecule has 152 valence electrons. The van der Waals surface area contributed by atoms with Gasteiger partial charge in [-0.2, -0.15) is 0 Å². The van der Waals surface area contributed by atoms with Gasteiger partial charge in [0.2, 0.25) is 17.7 Å². The smallest absolute Gasteiger partial charge is 0.247 e. The zero-order chi connectivity index (χ0) is 21.0. The van der Waals surface area contributed by atoms with Crippen LogP contribution in [-0.2, 0) is 27.2 Å². The fourth-order valence-electron chi connectivity index (χ4n) is 3.35. The second-order valence-electron chi connectivity index (χ2n) is 6.75. The van der Waals surface area contributed by atoms with Gasteiger partial charge >= 0.3 is 0 Å². The predicted octanol–water partition coefficient (Wildman–Crippen LogP) is 4.47. The van der Waals surface area contributed by atoms with Gasteiger partial charge in [-0.15, -0.1) is 11.8 Å². The maximum absolute atomic E-state index is 12.7. The number of hydrogen-bond acceptors (Lipinski definition) is 4. The minimum atomic E-state index is -0.559. The lowest BCUT2D eigenvalue weighted by Gasteiger charge is -2.16. The van der Waals surface area contributed by atoms with Crippen LogP contribution in [0.4, 0.5) is 11.4 Å². The Balaban J connectivity index is 1.63. The van der Waals surface area contributed by atoms with Crippen molar-refractivity contribution in [3.05, 3.63) is 58.6 Å². The van der Waals surface area contributed by atoms with Gasteiger partial charge in [-0.25, -0.2) is 4.90 Å². The molecule has 5 nitrogen and oxygen atoms in total. The highest BCUT2D eigenvalue weighted by Crippen LogP contribution is 2.30. The van der Waals surface area contributed by atoms with Gasteiger partial charge in [-0.1, -0.05) is 43.6 Å². The molecule has 1 saturated heterocycles. The molecule has 29 heavy (non-hydrogen) atoms. The number of aryl methyl sites for hydroxylation is 2. The summed E-state index contributed by atoms with van der Waals surface area (Å²) in [4.78, 5) is 38.7. The van der Waals surface area contributed by atoms with Crippen molar-refractivity contribution in [2.45, 2.75) is 38.4 Å². The van der Waals surface area contributed by atoms with E-state index in [0.29, 0.717) is 10.7 Å². The summed E-state index contributed by atoms with van der Waals surface area (Å²) in [6, 6.07) is 12.6. The number of carbonyl (C=O) groups is 3. The average molecular weight is 431 g/mol. The Hall–Kier alpha value is -2.31. The number of halogens is 1. The summed E-state index contributed by atoms with van der Waals surface area (Å²) in [5, 5.41) is 2.97. The quantitative estimate of drug-likeness (QED) is 0.658. The van der Waals surface area contributed by atoms with Crippen molar-refractivity contribution in [1.82, 2.24) is 0 Å². The van der Waals surface area contributed by atoms with E-state index < -0.39 is 5.25 Å². The Bertz CT molecular complexity index is 908. The topological polar surface area (TPSA) is 66.5 Å². The van der Waals surface area contributed by atoms with Crippen molar-refractivity contribution in [2.75, 3.05) is 16.0 Å². The van der Waals surface area contributed by atoms with E-state index in [1.54, 1.807) is 24.3 Å². The number of amides is 3. The summed E-state index contributed by atoms with van der Waals surface area (Å²) >= 11 is 7.08. The second-order valence-corrected chi connectivity index (χ2v) is 8.38.